The third-order valence-electron chi connectivity index (χ3n) is 3.29. The molecule has 0 saturated heterocycles. The lowest BCUT2D eigenvalue weighted by molar-refractivity contribution is 0.0963. The van der Waals surface area contributed by atoms with Crippen molar-refractivity contribution in [1.82, 2.24) is 15.3 Å². The number of nitrogens with zero attached hydrogens (tertiary/aromatic N) is 3. The molecule has 0 spiro atoms. The molecule has 1 heterocycles. The third kappa shape index (κ3) is 3.58. The highest BCUT2D eigenvalue weighted by atomic mass is 16.1. The van der Waals surface area contributed by atoms with E-state index >= 15 is 0 Å². The summed E-state index contributed by atoms with van der Waals surface area (Å²) in [6, 6.07) is 9.98. The van der Waals surface area contributed by atoms with Gasteiger partial charge in [0.15, 0.2) is 17.5 Å². The van der Waals surface area contributed by atoms with Gasteiger partial charge in [0.1, 0.15) is 0 Å². The van der Waals surface area contributed by atoms with Crippen molar-refractivity contribution in [3.8, 4) is 6.07 Å². The molecule has 23 heavy (non-hydrogen) atoms. The maximum atomic E-state index is 12.6. The molecule has 2 rings (SSSR count). The van der Waals surface area contributed by atoms with Crippen LogP contribution in [0.15, 0.2) is 30.3 Å². The van der Waals surface area contributed by atoms with Crippen molar-refractivity contribution in [2.75, 3.05) is 7.05 Å². The van der Waals surface area contributed by atoms with Crippen molar-refractivity contribution in [2.45, 2.75) is 19.8 Å². The first-order chi connectivity index (χ1) is 11.0. The second-order valence-electron chi connectivity index (χ2n) is 5.10. The number of nitriles is 1. The summed E-state index contributed by atoms with van der Waals surface area (Å²) in [7, 11) is 1.51. The molecule has 1 atom stereocenters. The molecule has 0 bridgehead atoms. The summed E-state index contributed by atoms with van der Waals surface area (Å²) in [6.07, 6.45) is 0. The largest absolute Gasteiger partial charge is 0.355 e. The predicted molar refractivity (Wildman–Crippen MR) is 84.0 cm³/mol. The molecule has 6 heteroatoms. The molecule has 1 unspecified atom stereocenters. The van der Waals surface area contributed by atoms with Crippen LogP contribution in [0, 0.1) is 25.2 Å². The molecule has 0 fully saturated rings. The van der Waals surface area contributed by atoms with Crippen molar-refractivity contribution in [3.05, 3.63) is 58.7 Å². The molecule has 6 nitrogen and oxygen atoms in total. The maximum absolute atomic E-state index is 12.6. The predicted octanol–water partition coefficient (Wildman–Crippen LogP) is 1.94. The van der Waals surface area contributed by atoms with Gasteiger partial charge < -0.3 is 5.32 Å². The molecule has 116 valence electrons. The van der Waals surface area contributed by atoms with Crippen molar-refractivity contribution in [1.29, 1.82) is 5.26 Å². The number of carbonyl (C=O) groups excluding carboxylic acids is 2. The van der Waals surface area contributed by atoms with E-state index in [0.717, 1.165) is 0 Å². The Morgan fingerprint density at radius 1 is 1.13 bits per heavy atom. The number of benzene rings is 1. The summed E-state index contributed by atoms with van der Waals surface area (Å²) < 4.78 is 0. The third-order valence-corrected chi connectivity index (χ3v) is 3.29. The molecule has 0 radical (unpaired) electrons. The highest BCUT2D eigenvalue weighted by Crippen LogP contribution is 2.19. The SMILES string of the molecule is CNC(=O)c1cccc(C(=O)C(C#N)c2nc(C)cc(C)n2)c1. The number of carbonyl (C=O) groups is 2. The van der Waals surface area contributed by atoms with Gasteiger partial charge in [0.05, 0.1) is 6.07 Å². The van der Waals surface area contributed by atoms with Gasteiger partial charge in [-0.25, -0.2) is 9.97 Å². The number of hydrogen-bond acceptors (Lipinski definition) is 5. The lowest BCUT2D eigenvalue weighted by Gasteiger charge is -2.09. The Kier molecular flexibility index (Phi) is 4.82. The fourth-order valence-corrected chi connectivity index (χ4v) is 2.24. The lowest BCUT2D eigenvalue weighted by atomic mass is 9.96. The molecule has 1 amide bonds. The van der Waals surface area contributed by atoms with E-state index in [-0.39, 0.29) is 17.3 Å². The van der Waals surface area contributed by atoms with Crippen LogP contribution in [0.5, 0.6) is 0 Å². The van der Waals surface area contributed by atoms with Crippen LogP contribution in [0.3, 0.4) is 0 Å². The molecule has 1 aromatic heterocycles. The van der Waals surface area contributed by atoms with Gasteiger partial charge in [-0.15, -0.1) is 0 Å². The summed E-state index contributed by atoms with van der Waals surface area (Å²) >= 11 is 0. The zero-order chi connectivity index (χ0) is 17.0. The molecule has 0 aliphatic carbocycles. The van der Waals surface area contributed by atoms with E-state index in [4.69, 9.17) is 0 Å². The van der Waals surface area contributed by atoms with Gasteiger partial charge in [0, 0.05) is 29.6 Å². The van der Waals surface area contributed by atoms with E-state index < -0.39 is 11.7 Å². The molecule has 1 aromatic carbocycles. The van der Waals surface area contributed by atoms with Crippen LogP contribution < -0.4 is 5.32 Å². The molecular weight excluding hydrogens is 292 g/mol. The number of aromatic nitrogens is 2. The van der Waals surface area contributed by atoms with Crippen molar-refractivity contribution in [2.24, 2.45) is 0 Å². The minimum absolute atomic E-state index is 0.181. The van der Waals surface area contributed by atoms with Crippen molar-refractivity contribution < 1.29 is 9.59 Å². The Hall–Kier alpha value is -3.07. The molecule has 0 aliphatic heterocycles. The van der Waals surface area contributed by atoms with E-state index in [1.807, 2.05) is 6.07 Å². The van der Waals surface area contributed by atoms with Gasteiger partial charge in [-0.05, 0) is 32.0 Å². The molecule has 0 aliphatic rings. The number of amides is 1. The van der Waals surface area contributed by atoms with Gasteiger partial charge >= 0.3 is 0 Å². The number of Topliss-reactive ketones (excluding diaryl/α,β-unsaturated/α-hetero) is 1. The smallest absolute Gasteiger partial charge is 0.251 e. The summed E-state index contributed by atoms with van der Waals surface area (Å²) in [5, 5.41) is 11.9. The van der Waals surface area contributed by atoms with E-state index in [2.05, 4.69) is 15.3 Å². The minimum Gasteiger partial charge on any atom is -0.355 e. The Bertz CT molecular complexity index is 788. The topological polar surface area (TPSA) is 95.7 Å². The summed E-state index contributed by atoms with van der Waals surface area (Å²) in [6.45, 7) is 3.56. The monoisotopic (exact) mass is 308 g/mol. The molecule has 2 aromatic rings. The first-order valence-corrected chi connectivity index (χ1v) is 7.04. The second-order valence-corrected chi connectivity index (χ2v) is 5.10. The van der Waals surface area contributed by atoms with Crippen LogP contribution in [-0.4, -0.2) is 28.7 Å². The Morgan fingerprint density at radius 2 is 1.74 bits per heavy atom. The van der Waals surface area contributed by atoms with Gasteiger partial charge in [0.2, 0.25) is 0 Å². The number of hydrogen-bond donors (Lipinski definition) is 1. The first kappa shape index (κ1) is 16.3. The van der Waals surface area contributed by atoms with Crippen LogP contribution >= 0.6 is 0 Å². The highest BCUT2D eigenvalue weighted by molar-refractivity contribution is 6.04. The summed E-state index contributed by atoms with van der Waals surface area (Å²) in [5.74, 6) is -1.65. The standard InChI is InChI=1S/C17H16N4O2/c1-10-7-11(2)21-16(20-10)14(9-18)15(22)12-5-4-6-13(8-12)17(23)19-3/h4-8,14H,1-3H3,(H,19,23). The summed E-state index contributed by atoms with van der Waals surface area (Å²) in [5.41, 5.74) is 2.02. The lowest BCUT2D eigenvalue weighted by Crippen LogP contribution is -2.19. The zero-order valence-corrected chi connectivity index (χ0v) is 13.1. The molecule has 1 N–H and O–H groups in total. The molecular formula is C17H16N4O2. The van der Waals surface area contributed by atoms with Crippen LogP contribution in [0.1, 0.15) is 43.8 Å². The maximum Gasteiger partial charge on any atom is 0.251 e. The Balaban J connectivity index is 2.41. The van der Waals surface area contributed by atoms with Crippen LogP contribution in [0.4, 0.5) is 0 Å². The second kappa shape index (κ2) is 6.79. The van der Waals surface area contributed by atoms with Crippen LogP contribution in [-0.2, 0) is 0 Å². The number of aryl methyl sites for hydroxylation is 2. The van der Waals surface area contributed by atoms with Gasteiger partial charge in [-0.3, -0.25) is 9.59 Å². The van der Waals surface area contributed by atoms with E-state index in [0.29, 0.717) is 17.0 Å². The minimum atomic E-state index is -1.10. The highest BCUT2D eigenvalue weighted by Gasteiger charge is 2.25. The van der Waals surface area contributed by atoms with Gasteiger partial charge in [-0.1, -0.05) is 12.1 Å². The van der Waals surface area contributed by atoms with Crippen molar-refractivity contribution in [3.63, 3.8) is 0 Å². The zero-order valence-electron chi connectivity index (χ0n) is 13.1. The van der Waals surface area contributed by atoms with Crippen LogP contribution in [0.25, 0.3) is 0 Å². The Labute approximate surface area is 134 Å². The number of nitrogens with one attached hydrogen (secondary N) is 1. The van der Waals surface area contributed by atoms with E-state index in [1.54, 1.807) is 38.1 Å². The number of ketones is 1. The summed E-state index contributed by atoms with van der Waals surface area (Å²) in [4.78, 5) is 32.7. The van der Waals surface area contributed by atoms with E-state index in [1.165, 1.54) is 13.1 Å². The molecule has 0 saturated carbocycles. The van der Waals surface area contributed by atoms with E-state index in [9.17, 15) is 14.9 Å². The van der Waals surface area contributed by atoms with Crippen LogP contribution in [0.2, 0.25) is 0 Å². The normalized spacial score (nSPS) is 11.4. The van der Waals surface area contributed by atoms with Gasteiger partial charge in [-0.2, -0.15) is 5.26 Å². The average Bonchev–Trinajstić information content (AvgIpc) is 2.54. The fraction of sp³-hybridized carbons (Fsp3) is 0.235. The quantitative estimate of drug-likeness (QED) is 0.871. The van der Waals surface area contributed by atoms with Crippen molar-refractivity contribution >= 4 is 11.7 Å². The first-order valence-electron chi connectivity index (χ1n) is 7.04. The fourth-order valence-electron chi connectivity index (χ4n) is 2.24. The van der Waals surface area contributed by atoms with Gasteiger partial charge in [0.25, 0.3) is 5.91 Å². The Morgan fingerprint density at radius 3 is 2.30 bits per heavy atom. The number of rotatable bonds is 4. The average molecular weight is 308 g/mol.